The molecule has 0 saturated heterocycles. The van der Waals surface area contributed by atoms with Crippen LogP contribution in [0.2, 0.25) is 0 Å². The van der Waals surface area contributed by atoms with Gasteiger partial charge in [0.15, 0.2) is 5.06 Å². The molecule has 0 radical (unpaired) electrons. The summed E-state index contributed by atoms with van der Waals surface area (Å²) in [6.45, 7) is 1.39. The Kier molecular flexibility index (Phi) is 5.67. The minimum atomic E-state index is -0.266. The van der Waals surface area contributed by atoms with E-state index in [0.29, 0.717) is 5.06 Å². The molecule has 1 rings (SSSR count). The summed E-state index contributed by atoms with van der Waals surface area (Å²) in [5.74, 6) is -0.266. The molecule has 0 fully saturated rings. The maximum atomic E-state index is 10.3. The van der Waals surface area contributed by atoms with E-state index in [9.17, 15) is 4.79 Å². The van der Waals surface area contributed by atoms with E-state index in [4.69, 9.17) is 4.74 Å². The Hall–Kier alpha value is 0.651. The van der Waals surface area contributed by atoms with Crippen molar-refractivity contribution in [3.05, 3.63) is 17.5 Å². The predicted octanol–water partition coefficient (Wildman–Crippen LogP) is 0.757. The molecule has 0 unspecified atom stereocenters. The Balaban J connectivity index is 0.000000810. The number of hydrogen-bond acceptors (Lipinski definition) is 3. The van der Waals surface area contributed by atoms with E-state index in [1.165, 1.54) is 18.3 Å². The van der Waals surface area contributed by atoms with E-state index in [1.807, 2.05) is 11.4 Å². The summed E-state index contributed by atoms with van der Waals surface area (Å²) in [6, 6.07) is 3.59. The van der Waals surface area contributed by atoms with E-state index < -0.39 is 0 Å². The Bertz CT molecular complexity index is 196. The van der Waals surface area contributed by atoms with E-state index >= 15 is 0 Å². The molecular weight excluding hydrogens is 224 g/mol. The van der Waals surface area contributed by atoms with Crippen LogP contribution in [0.25, 0.3) is 0 Å². The van der Waals surface area contributed by atoms with Crippen molar-refractivity contribution in [3.63, 3.8) is 0 Å². The van der Waals surface area contributed by atoms with Crippen LogP contribution in [0.4, 0.5) is 0 Å². The van der Waals surface area contributed by atoms with Gasteiger partial charge < -0.3 is 4.74 Å². The van der Waals surface area contributed by atoms with Crippen molar-refractivity contribution in [3.8, 4) is 5.06 Å². The number of rotatable bonds is 1. The van der Waals surface area contributed by atoms with Gasteiger partial charge in [0.1, 0.15) is 0 Å². The third kappa shape index (κ3) is 3.73. The number of esters is 1. The second-order valence-corrected chi connectivity index (χ2v) is 2.44. The van der Waals surface area contributed by atoms with E-state index in [1.54, 1.807) is 6.07 Å². The van der Waals surface area contributed by atoms with Crippen molar-refractivity contribution in [2.24, 2.45) is 0 Å². The number of ether oxygens (including phenoxy) is 1. The van der Waals surface area contributed by atoms with Crippen LogP contribution in [-0.2, 0) is 4.79 Å². The molecule has 0 N–H and O–H groups in total. The molecule has 10 heavy (non-hydrogen) atoms. The molecule has 0 bridgehead atoms. The zero-order chi connectivity index (χ0) is 6.69. The molecule has 0 saturated carbocycles. The van der Waals surface area contributed by atoms with E-state index in [-0.39, 0.29) is 51.5 Å². The Morgan fingerprint density at radius 2 is 2.40 bits per heavy atom. The Labute approximate surface area is 100 Å². The third-order valence-corrected chi connectivity index (χ3v) is 1.48. The molecule has 0 spiro atoms. The van der Waals surface area contributed by atoms with Crippen molar-refractivity contribution in [2.75, 3.05) is 0 Å². The molecule has 4 heteroatoms. The summed E-state index contributed by atoms with van der Waals surface area (Å²) < 4.78 is 4.73. The van der Waals surface area contributed by atoms with Gasteiger partial charge in [0.05, 0.1) is 0 Å². The fourth-order valence-corrected chi connectivity index (χ4v) is 1.08. The first kappa shape index (κ1) is 10.7. The van der Waals surface area contributed by atoms with Crippen LogP contribution in [-0.4, -0.2) is 51.5 Å². The van der Waals surface area contributed by atoms with Gasteiger partial charge in [-0.05, 0) is 17.5 Å². The van der Waals surface area contributed by atoms with Crippen LogP contribution >= 0.6 is 11.3 Å². The van der Waals surface area contributed by atoms with Crippen LogP contribution in [0, 0.1) is 0 Å². The van der Waals surface area contributed by atoms with Gasteiger partial charge >= 0.3 is 51.5 Å². The van der Waals surface area contributed by atoms with Crippen molar-refractivity contribution in [1.82, 2.24) is 0 Å². The van der Waals surface area contributed by atoms with Crippen molar-refractivity contribution < 1.29 is 9.53 Å². The first-order valence-corrected chi connectivity index (χ1v) is 3.39. The van der Waals surface area contributed by atoms with Gasteiger partial charge in [-0.25, -0.2) is 0 Å². The van der Waals surface area contributed by atoms with Gasteiger partial charge in [0, 0.05) is 6.92 Å². The normalized spacial score (nSPS) is 8.10. The van der Waals surface area contributed by atoms with Crippen LogP contribution in [0.15, 0.2) is 17.5 Å². The summed E-state index contributed by atoms with van der Waals surface area (Å²) in [4.78, 5) is 10.3. The SMILES string of the molecule is CC(=O)Oc1cccs1.[SrH2]. The number of thiophene rings is 1. The molecule has 0 aromatic carbocycles. The average molecular weight is 232 g/mol. The topological polar surface area (TPSA) is 26.3 Å². The van der Waals surface area contributed by atoms with Gasteiger partial charge in [0.25, 0.3) is 0 Å². The summed E-state index contributed by atoms with van der Waals surface area (Å²) in [6.07, 6.45) is 0. The molecule has 2 nitrogen and oxygen atoms in total. The van der Waals surface area contributed by atoms with Gasteiger partial charge in [-0.3, -0.25) is 4.79 Å². The molecule has 0 aliphatic rings. The summed E-state index contributed by atoms with van der Waals surface area (Å²) in [5, 5.41) is 2.51. The molecule has 1 heterocycles. The number of carbonyl (C=O) groups is 1. The molecule has 0 aliphatic heterocycles. The van der Waals surface area contributed by atoms with Crippen molar-refractivity contribution in [1.29, 1.82) is 0 Å². The standard InChI is InChI=1S/C6H6O2S.Sr.2H/c1-5(7)8-6-3-2-4-9-6;;;/h2-4H,1H3;;;. The van der Waals surface area contributed by atoms with Crippen LogP contribution in [0.3, 0.4) is 0 Å². The average Bonchev–Trinajstić information content (AvgIpc) is 2.15. The Morgan fingerprint density at radius 3 is 2.80 bits per heavy atom. The molecule has 52 valence electrons. The molecule has 1 aromatic heterocycles. The molecule has 1 aromatic rings. The van der Waals surface area contributed by atoms with Gasteiger partial charge in [-0.15, -0.1) is 11.3 Å². The molecule has 0 aliphatic carbocycles. The summed E-state index contributed by atoms with van der Waals surface area (Å²) >= 11 is 1.41. The molecular formula is C6H8O2SSr. The Morgan fingerprint density at radius 1 is 1.70 bits per heavy atom. The predicted molar refractivity (Wildman–Crippen MR) is 44.2 cm³/mol. The second kappa shape index (κ2) is 5.32. The fraction of sp³-hybridized carbons (Fsp3) is 0.167. The maximum absolute atomic E-state index is 10.3. The number of hydrogen-bond donors (Lipinski definition) is 0. The summed E-state index contributed by atoms with van der Waals surface area (Å²) in [5.41, 5.74) is 0. The first-order chi connectivity index (χ1) is 4.29. The monoisotopic (exact) mass is 232 g/mol. The van der Waals surface area contributed by atoms with Crippen LogP contribution in [0.5, 0.6) is 5.06 Å². The second-order valence-electron chi connectivity index (χ2n) is 1.53. The molecule has 0 amide bonds. The van der Waals surface area contributed by atoms with E-state index in [0.717, 1.165) is 0 Å². The van der Waals surface area contributed by atoms with Gasteiger partial charge in [0.2, 0.25) is 0 Å². The van der Waals surface area contributed by atoms with Crippen LogP contribution < -0.4 is 4.74 Å². The zero-order valence-electron chi connectivity index (χ0n) is 4.96. The third-order valence-electron chi connectivity index (χ3n) is 0.739. The first-order valence-electron chi connectivity index (χ1n) is 2.51. The van der Waals surface area contributed by atoms with Crippen molar-refractivity contribution in [2.45, 2.75) is 6.92 Å². The minimum absolute atomic E-state index is 0. The van der Waals surface area contributed by atoms with Gasteiger partial charge in [-0.1, -0.05) is 0 Å². The van der Waals surface area contributed by atoms with Crippen molar-refractivity contribution >= 4 is 62.8 Å². The summed E-state index contributed by atoms with van der Waals surface area (Å²) in [7, 11) is 0. The quantitative estimate of drug-likeness (QED) is 0.527. The van der Waals surface area contributed by atoms with E-state index in [2.05, 4.69) is 0 Å². The molecule has 0 atom stereocenters. The van der Waals surface area contributed by atoms with Gasteiger partial charge in [-0.2, -0.15) is 0 Å². The van der Waals surface area contributed by atoms with Crippen LogP contribution in [0.1, 0.15) is 6.92 Å². The zero-order valence-corrected chi connectivity index (χ0v) is 5.77. The number of carbonyl (C=O) groups excluding carboxylic acids is 1. The fourth-order valence-electron chi connectivity index (χ4n) is 0.463.